The molecule has 0 N–H and O–H groups in total. The van der Waals surface area contributed by atoms with E-state index >= 15 is 0 Å². The van der Waals surface area contributed by atoms with Gasteiger partial charge in [-0.3, -0.25) is 9.59 Å². The van der Waals surface area contributed by atoms with Crippen LogP contribution in [-0.2, 0) is 9.59 Å². The van der Waals surface area contributed by atoms with Crippen LogP contribution in [0.25, 0.3) is 0 Å². The summed E-state index contributed by atoms with van der Waals surface area (Å²) >= 11 is 0. The van der Waals surface area contributed by atoms with E-state index in [1.165, 1.54) is 0 Å². The number of hydrogen-bond acceptors (Lipinski definition) is 3. The summed E-state index contributed by atoms with van der Waals surface area (Å²) in [4.78, 5) is 28.4. The third-order valence-electron chi connectivity index (χ3n) is 4.77. The second-order valence-electron chi connectivity index (χ2n) is 7.87. The number of piperazine rings is 1. The van der Waals surface area contributed by atoms with Crippen molar-refractivity contribution in [3.05, 3.63) is 28.8 Å². The molecular formula is C20H30N2O3. The molecule has 1 heterocycles. The van der Waals surface area contributed by atoms with Crippen LogP contribution in [0.5, 0.6) is 5.75 Å². The first-order valence-corrected chi connectivity index (χ1v) is 8.88. The average molecular weight is 346 g/mol. The molecule has 0 aliphatic carbocycles. The molecule has 0 saturated carbocycles. The van der Waals surface area contributed by atoms with Crippen molar-refractivity contribution in [2.75, 3.05) is 32.8 Å². The van der Waals surface area contributed by atoms with E-state index in [-0.39, 0.29) is 23.8 Å². The van der Waals surface area contributed by atoms with Gasteiger partial charge in [0, 0.05) is 31.6 Å². The standard InChI is InChI=1S/C20H30N2O3/c1-14-7-8-15(2)18(16(14)3)25-13-17(23)21-9-11-22(12-10-21)19(24)20(4,5)6/h7-8H,9-13H2,1-6H3. The van der Waals surface area contributed by atoms with Crippen molar-refractivity contribution in [3.8, 4) is 5.75 Å². The van der Waals surface area contributed by atoms with Crippen molar-refractivity contribution >= 4 is 11.8 Å². The van der Waals surface area contributed by atoms with Gasteiger partial charge in [-0.05, 0) is 37.5 Å². The third kappa shape index (κ3) is 4.53. The first-order valence-electron chi connectivity index (χ1n) is 8.88. The van der Waals surface area contributed by atoms with Gasteiger partial charge in [-0.15, -0.1) is 0 Å². The van der Waals surface area contributed by atoms with Crippen molar-refractivity contribution in [3.63, 3.8) is 0 Å². The van der Waals surface area contributed by atoms with E-state index in [1.54, 1.807) is 4.90 Å². The van der Waals surface area contributed by atoms with E-state index in [0.29, 0.717) is 26.2 Å². The van der Waals surface area contributed by atoms with E-state index in [2.05, 4.69) is 6.07 Å². The Morgan fingerprint density at radius 1 is 0.960 bits per heavy atom. The summed E-state index contributed by atoms with van der Waals surface area (Å²) < 4.78 is 5.82. The molecule has 1 fully saturated rings. The Balaban J connectivity index is 1.90. The molecule has 0 radical (unpaired) electrons. The van der Waals surface area contributed by atoms with Crippen LogP contribution in [-0.4, -0.2) is 54.4 Å². The third-order valence-corrected chi connectivity index (χ3v) is 4.77. The van der Waals surface area contributed by atoms with Crippen LogP contribution >= 0.6 is 0 Å². The van der Waals surface area contributed by atoms with Gasteiger partial charge in [0.25, 0.3) is 5.91 Å². The molecular weight excluding hydrogens is 316 g/mol. The van der Waals surface area contributed by atoms with Gasteiger partial charge in [-0.25, -0.2) is 0 Å². The quantitative estimate of drug-likeness (QED) is 0.845. The Kier molecular flexibility index (Phi) is 5.76. The van der Waals surface area contributed by atoms with Crippen molar-refractivity contribution < 1.29 is 14.3 Å². The maximum atomic E-state index is 12.4. The summed E-state index contributed by atoms with van der Waals surface area (Å²) in [6.07, 6.45) is 0. The number of carbonyl (C=O) groups is 2. The monoisotopic (exact) mass is 346 g/mol. The molecule has 5 heteroatoms. The van der Waals surface area contributed by atoms with Gasteiger partial charge in [-0.1, -0.05) is 32.9 Å². The lowest BCUT2D eigenvalue weighted by molar-refractivity contribution is -0.145. The predicted octanol–water partition coefficient (Wildman–Crippen LogP) is 2.71. The van der Waals surface area contributed by atoms with E-state index in [1.807, 2.05) is 52.5 Å². The van der Waals surface area contributed by atoms with E-state index in [9.17, 15) is 9.59 Å². The molecule has 1 saturated heterocycles. The van der Waals surface area contributed by atoms with Gasteiger partial charge in [0.05, 0.1) is 0 Å². The van der Waals surface area contributed by atoms with Gasteiger partial charge in [-0.2, -0.15) is 0 Å². The maximum absolute atomic E-state index is 12.4. The molecule has 138 valence electrons. The minimum atomic E-state index is -0.379. The van der Waals surface area contributed by atoms with Gasteiger partial charge < -0.3 is 14.5 Å². The number of aryl methyl sites for hydroxylation is 2. The summed E-state index contributed by atoms with van der Waals surface area (Å²) in [7, 11) is 0. The average Bonchev–Trinajstić information content (AvgIpc) is 2.56. The van der Waals surface area contributed by atoms with Gasteiger partial charge in [0.15, 0.2) is 6.61 Å². The Morgan fingerprint density at radius 3 is 2.04 bits per heavy atom. The zero-order valence-electron chi connectivity index (χ0n) is 16.3. The first-order chi connectivity index (χ1) is 11.6. The van der Waals surface area contributed by atoms with Crippen LogP contribution < -0.4 is 4.74 Å². The Morgan fingerprint density at radius 2 is 1.48 bits per heavy atom. The van der Waals surface area contributed by atoms with E-state index in [4.69, 9.17) is 4.74 Å². The number of benzene rings is 1. The van der Waals surface area contributed by atoms with Crippen LogP contribution in [0.15, 0.2) is 12.1 Å². The number of hydrogen-bond donors (Lipinski definition) is 0. The molecule has 0 unspecified atom stereocenters. The zero-order chi connectivity index (χ0) is 18.8. The normalized spacial score (nSPS) is 15.3. The lowest BCUT2D eigenvalue weighted by Gasteiger charge is -2.37. The molecule has 2 rings (SSSR count). The number of ether oxygens (including phenoxy) is 1. The highest BCUT2D eigenvalue weighted by Crippen LogP contribution is 2.25. The van der Waals surface area contributed by atoms with Gasteiger partial charge in [0.1, 0.15) is 5.75 Å². The first kappa shape index (κ1) is 19.3. The summed E-state index contributed by atoms with van der Waals surface area (Å²) in [5.74, 6) is 0.917. The number of rotatable bonds is 3. The van der Waals surface area contributed by atoms with E-state index in [0.717, 1.165) is 22.4 Å². The van der Waals surface area contributed by atoms with Gasteiger partial charge >= 0.3 is 0 Å². The Bertz CT molecular complexity index is 654. The van der Waals surface area contributed by atoms with Crippen LogP contribution in [0.2, 0.25) is 0 Å². The number of carbonyl (C=O) groups excluding carboxylic acids is 2. The SMILES string of the molecule is Cc1ccc(C)c(OCC(=O)N2CCN(C(=O)C(C)(C)C)CC2)c1C. The molecule has 25 heavy (non-hydrogen) atoms. The minimum absolute atomic E-state index is 0.0248. The van der Waals surface area contributed by atoms with Crippen molar-refractivity contribution in [2.24, 2.45) is 5.41 Å². The summed E-state index contributed by atoms with van der Waals surface area (Å²) in [5.41, 5.74) is 2.89. The Hall–Kier alpha value is -2.04. The second-order valence-corrected chi connectivity index (χ2v) is 7.87. The lowest BCUT2D eigenvalue weighted by Crippen LogP contribution is -2.53. The molecule has 1 aliphatic heterocycles. The summed E-state index contributed by atoms with van der Waals surface area (Å²) in [5, 5.41) is 0. The molecule has 1 aromatic rings. The maximum Gasteiger partial charge on any atom is 0.260 e. The fourth-order valence-electron chi connectivity index (χ4n) is 3.01. The molecule has 5 nitrogen and oxygen atoms in total. The van der Waals surface area contributed by atoms with Crippen LogP contribution in [0, 0.1) is 26.2 Å². The van der Waals surface area contributed by atoms with Crippen molar-refractivity contribution in [1.29, 1.82) is 0 Å². The summed E-state index contributed by atoms with van der Waals surface area (Å²) in [6.45, 7) is 14.2. The molecule has 0 atom stereocenters. The molecule has 2 amide bonds. The fraction of sp³-hybridized carbons (Fsp3) is 0.600. The largest absolute Gasteiger partial charge is 0.483 e. The molecule has 0 spiro atoms. The highest BCUT2D eigenvalue weighted by molar-refractivity contribution is 5.82. The van der Waals surface area contributed by atoms with Crippen molar-refractivity contribution in [2.45, 2.75) is 41.5 Å². The smallest absolute Gasteiger partial charge is 0.260 e. The predicted molar refractivity (Wildman–Crippen MR) is 98.8 cm³/mol. The summed E-state index contributed by atoms with van der Waals surface area (Å²) in [6, 6.07) is 4.07. The number of nitrogens with zero attached hydrogens (tertiary/aromatic N) is 2. The second kappa shape index (κ2) is 7.46. The van der Waals surface area contributed by atoms with E-state index < -0.39 is 0 Å². The van der Waals surface area contributed by atoms with Crippen molar-refractivity contribution in [1.82, 2.24) is 9.80 Å². The molecule has 1 aromatic carbocycles. The lowest BCUT2D eigenvalue weighted by atomic mass is 9.94. The van der Waals surface area contributed by atoms with Crippen LogP contribution in [0.1, 0.15) is 37.5 Å². The Labute approximate surface area is 150 Å². The molecule has 1 aliphatic rings. The minimum Gasteiger partial charge on any atom is -0.483 e. The molecule has 0 bridgehead atoms. The molecule has 0 aromatic heterocycles. The highest BCUT2D eigenvalue weighted by atomic mass is 16.5. The van der Waals surface area contributed by atoms with Crippen LogP contribution in [0.4, 0.5) is 0 Å². The van der Waals surface area contributed by atoms with Gasteiger partial charge in [0.2, 0.25) is 5.91 Å². The fourth-order valence-corrected chi connectivity index (χ4v) is 3.01. The van der Waals surface area contributed by atoms with Crippen LogP contribution in [0.3, 0.4) is 0 Å². The number of amides is 2. The zero-order valence-corrected chi connectivity index (χ0v) is 16.3. The topological polar surface area (TPSA) is 49.9 Å². The highest BCUT2D eigenvalue weighted by Gasteiger charge is 2.30.